The average Bonchev–Trinajstić information content (AvgIpc) is 2.33. The molecule has 0 aliphatic heterocycles. The van der Waals surface area contributed by atoms with Crippen LogP contribution in [-0.2, 0) is 9.84 Å². The molecule has 0 aromatic carbocycles. The molecule has 0 aromatic rings. The standard InChI is InChI=1S/C13H27NO2S/c1-13(2)8-4-6-12(7-9-13)14-10-5-11-17(3,15)16/h12,14H,4-11H2,1-3H3. The molecule has 0 bridgehead atoms. The molecule has 1 N–H and O–H groups in total. The highest BCUT2D eigenvalue weighted by Gasteiger charge is 2.23. The molecule has 1 atom stereocenters. The van der Waals surface area contributed by atoms with E-state index >= 15 is 0 Å². The van der Waals surface area contributed by atoms with Crippen molar-refractivity contribution in [2.45, 2.75) is 58.4 Å². The maximum Gasteiger partial charge on any atom is 0.147 e. The minimum Gasteiger partial charge on any atom is -0.314 e. The molecule has 0 radical (unpaired) electrons. The maximum absolute atomic E-state index is 11.0. The van der Waals surface area contributed by atoms with Gasteiger partial charge in [-0.05, 0) is 44.1 Å². The molecule has 17 heavy (non-hydrogen) atoms. The van der Waals surface area contributed by atoms with Gasteiger partial charge in [0.15, 0.2) is 0 Å². The van der Waals surface area contributed by atoms with E-state index in [0.717, 1.165) is 13.0 Å². The first kappa shape index (κ1) is 15.0. The third-order valence-corrected chi connectivity index (χ3v) is 4.73. The van der Waals surface area contributed by atoms with E-state index in [9.17, 15) is 8.42 Å². The first-order valence-electron chi connectivity index (χ1n) is 6.70. The van der Waals surface area contributed by atoms with Gasteiger partial charge in [-0.1, -0.05) is 20.3 Å². The van der Waals surface area contributed by atoms with Crippen LogP contribution in [0.3, 0.4) is 0 Å². The topological polar surface area (TPSA) is 46.2 Å². The van der Waals surface area contributed by atoms with Crippen LogP contribution in [0.2, 0.25) is 0 Å². The lowest BCUT2D eigenvalue weighted by molar-refractivity contribution is 0.310. The van der Waals surface area contributed by atoms with E-state index in [0.29, 0.717) is 17.2 Å². The number of nitrogens with one attached hydrogen (secondary N) is 1. The van der Waals surface area contributed by atoms with E-state index in [1.807, 2.05) is 0 Å². The zero-order valence-electron chi connectivity index (χ0n) is 11.5. The first-order chi connectivity index (χ1) is 7.79. The molecule has 0 aromatic heterocycles. The summed E-state index contributed by atoms with van der Waals surface area (Å²) in [7, 11) is -2.79. The molecule has 0 heterocycles. The van der Waals surface area contributed by atoms with Crippen molar-refractivity contribution >= 4 is 9.84 Å². The van der Waals surface area contributed by atoms with E-state index in [1.165, 1.54) is 38.4 Å². The van der Waals surface area contributed by atoms with Crippen molar-refractivity contribution < 1.29 is 8.42 Å². The molecule has 1 unspecified atom stereocenters. The molecule has 0 spiro atoms. The van der Waals surface area contributed by atoms with Gasteiger partial charge in [-0.2, -0.15) is 0 Å². The minimum absolute atomic E-state index is 0.304. The van der Waals surface area contributed by atoms with Crippen LogP contribution in [0.4, 0.5) is 0 Å². The molecular weight excluding hydrogens is 234 g/mol. The molecule has 1 aliphatic rings. The highest BCUT2D eigenvalue weighted by molar-refractivity contribution is 7.90. The van der Waals surface area contributed by atoms with Crippen LogP contribution in [0.1, 0.15) is 52.4 Å². The smallest absolute Gasteiger partial charge is 0.147 e. The van der Waals surface area contributed by atoms with Gasteiger partial charge in [0.05, 0.1) is 5.75 Å². The highest BCUT2D eigenvalue weighted by atomic mass is 32.2. The summed E-state index contributed by atoms with van der Waals surface area (Å²) in [5.41, 5.74) is 0.489. The van der Waals surface area contributed by atoms with Gasteiger partial charge >= 0.3 is 0 Å². The van der Waals surface area contributed by atoms with Crippen LogP contribution in [0.15, 0.2) is 0 Å². The largest absolute Gasteiger partial charge is 0.314 e. The van der Waals surface area contributed by atoms with Gasteiger partial charge in [0.1, 0.15) is 9.84 Å². The molecule has 3 nitrogen and oxygen atoms in total. The second-order valence-corrected chi connectivity index (χ2v) is 8.49. The van der Waals surface area contributed by atoms with Crippen molar-refractivity contribution in [3.05, 3.63) is 0 Å². The Bertz CT molecular complexity index is 322. The Kier molecular flexibility index (Phi) is 5.45. The van der Waals surface area contributed by atoms with Gasteiger partial charge in [0, 0.05) is 12.3 Å². The van der Waals surface area contributed by atoms with Gasteiger partial charge in [0.25, 0.3) is 0 Å². The van der Waals surface area contributed by atoms with Crippen LogP contribution >= 0.6 is 0 Å². The van der Waals surface area contributed by atoms with E-state index in [1.54, 1.807) is 0 Å². The van der Waals surface area contributed by atoms with Gasteiger partial charge in [0.2, 0.25) is 0 Å². The predicted octanol–water partition coefficient (Wildman–Crippen LogP) is 2.37. The Labute approximate surface area is 106 Å². The summed E-state index contributed by atoms with van der Waals surface area (Å²) in [6.45, 7) is 5.52. The fourth-order valence-electron chi connectivity index (χ4n) is 2.51. The van der Waals surface area contributed by atoms with Crippen LogP contribution in [0, 0.1) is 5.41 Å². The second-order valence-electron chi connectivity index (χ2n) is 6.23. The van der Waals surface area contributed by atoms with Crippen LogP contribution in [-0.4, -0.2) is 33.0 Å². The quantitative estimate of drug-likeness (QED) is 0.610. The Morgan fingerprint density at radius 2 is 1.94 bits per heavy atom. The second kappa shape index (κ2) is 6.19. The summed E-state index contributed by atoms with van der Waals surface area (Å²) in [5.74, 6) is 0.304. The van der Waals surface area contributed by atoms with Crippen molar-refractivity contribution in [2.24, 2.45) is 5.41 Å². The molecule has 102 valence electrons. The van der Waals surface area contributed by atoms with E-state index in [-0.39, 0.29) is 0 Å². The summed E-state index contributed by atoms with van der Waals surface area (Å²) in [6.07, 6.45) is 8.39. The third-order valence-electron chi connectivity index (χ3n) is 3.70. The van der Waals surface area contributed by atoms with Gasteiger partial charge in [-0.3, -0.25) is 0 Å². The van der Waals surface area contributed by atoms with Crippen LogP contribution in [0.5, 0.6) is 0 Å². The first-order valence-corrected chi connectivity index (χ1v) is 8.76. The maximum atomic E-state index is 11.0. The monoisotopic (exact) mass is 261 g/mol. The predicted molar refractivity (Wildman–Crippen MR) is 73.0 cm³/mol. The van der Waals surface area contributed by atoms with Crippen molar-refractivity contribution in [1.82, 2.24) is 5.32 Å². The minimum atomic E-state index is -2.79. The summed E-state index contributed by atoms with van der Waals surface area (Å²) in [6, 6.07) is 0.594. The van der Waals surface area contributed by atoms with Crippen molar-refractivity contribution in [3.63, 3.8) is 0 Å². The molecular formula is C13H27NO2S. The summed E-state index contributed by atoms with van der Waals surface area (Å²) >= 11 is 0. The Morgan fingerprint density at radius 3 is 2.59 bits per heavy atom. The molecule has 1 rings (SSSR count). The van der Waals surface area contributed by atoms with E-state index in [4.69, 9.17) is 0 Å². The van der Waals surface area contributed by atoms with Crippen LogP contribution in [0.25, 0.3) is 0 Å². The number of sulfone groups is 1. The van der Waals surface area contributed by atoms with Gasteiger partial charge in [-0.25, -0.2) is 8.42 Å². The Morgan fingerprint density at radius 1 is 1.24 bits per heavy atom. The number of hydrogen-bond acceptors (Lipinski definition) is 3. The molecule has 1 aliphatic carbocycles. The average molecular weight is 261 g/mol. The number of rotatable bonds is 5. The van der Waals surface area contributed by atoms with Crippen LogP contribution < -0.4 is 5.32 Å². The lowest BCUT2D eigenvalue weighted by Gasteiger charge is -2.22. The van der Waals surface area contributed by atoms with Crippen molar-refractivity contribution in [1.29, 1.82) is 0 Å². The number of hydrogen-bond donors (Lipinski definition) is 1. The van der Waals surface area contributed by atoms with Gasteiger partial charge < -0.3 is 5.32 Å². The fraction of sp³-hybridized carbons (Fsp3) is 1.00. The van der Waals surface area contributed by atoms with Crippen molar-refractivity contribution in [3.8, 4) is 0 Å². The Hall–Kier alpha value is -0.0900. The zero-order valence-corrected chi connectivity index (χ0v) is 12.3. The lowest BCUT2D eigenvalue weighted by atomic mass is 9.85. The molecule has 4 heteroatoms. The Balaban J connectivity index is 2.20. The van der Waals surface area contributed by atoms with E-state index in [2.05, 4.69) is 19.2 Å². The molecule has 0 saturated heterocycles. The fourth-order valence-corrected chi connectivity index (χ4v) is 3.17. The van der Waals surface area contributed by atoms with E-state index < -0.39 is 9.84 Å². The summed E-state index contributed by atoms with van der Waals surface area (Å²) < 4.78 is 22.0. The SMILES string of the molecule is CC1(C)CCCC(NCCCS(C)(=O)=O)CC1. The summed E-state index contributed by atoms with van der Waals surface area (Å²) in [5, 5.41) is 3.51. The summed E-state index contributed by atoms with van der Waals surface area (Å²) in [4.78, 5) is 0. The third kappa shape index (κ3) is 7.04. The zero-order chi connectivity index (χ0) is 12.9. The van der Waals surface area contributed by atoms with Gasteiger partial charge in [-0.15, -0.1) is 0 Å². The normalized spacial score (nSPS) is 25.5. The highest BCUT2D eigenvalue weighted by Crippen LogP contribution is 2.33. The molecule has 0 amide bonds. The molecule has 1 fully saturated rings. The molecule has 1 saturated carbocycles. The van der Waals surface area contributed by atoms with Crippen molar-refractivity contribution in [2.75, 3.05) is 18.6 Å². The lowest BCUT2D eigenvalue weighted by Crippen LogP contribution is -2.30.